The largest absolute Gasteiger partial charge is 0.0654 e. The van der Waals surface area contributed by atoms with Crippen LogP contribution in [-0.4, -0.2) is 10.2 Å². The summed E-state index contributed by atoms with van der Waals surface area (Å²) in [5, 5.41) is 3.31. The molecule has 0 fully saturated rings. The maximum absolute atomic E-state index is 2.39. The molecule has 116 valence electrons. The highest BCUT2D eigenvalue weighted by atomic mass is 28.1. The molecule has 0 bridgehead atoms. The second kappa shape index (κ2) is 9.78. The molecule has 0 aromatic heterocycles. The van der Waals surface area contributed by atoms with Crippen molar-refractivity contribution in [2.45, 2.75) is 64.3 Å². The van der Waals surface area contributed by atoms with Crippen LogP contribution in [0.25, 0.3) is 10.8 Å². The Balaban J connectivity index is 0.000000210. The first-order valence-electron chi connectivity index (χ1n) is 8.47. The number of hydrogen-bond donors (Lipinski definition) is 0. The minimum atomic E-state index is 0.687. The zero-order valence-corrected chi connectivity index (χ0v) is 16.4. The molecule has 2 aromatic rings. The molecular weight excluding hydrogens is 268 g/mol. The van der Waals surface area contributed by atoms with Crippen LogP contribution in [0.5, 0.6) is 0 Å². The summed E-state index contributed by atoms with van der Waals surface area (Å²) in [6, 6.07) is 16.7. The fourth-order valence-corrected chi connectivity index (χ4v) is 2.75. The molecule has 21 heavy (non-hydrogen) atoms. The number of hydrogen-bond acceptors (Lipinski definition) is 0. The van der Waals surface area contributed by atoms with E-state index in [0.29, 0.717) is 5.04 Å². The van der Waals surface area contributed by atoms with E-state index < -0.39 is 0 Å². The molecule has 0 aliphatic rings. The van der Waals surface area contributed by atoms with Crippen LogP contribution < -0.4 is 0 Å². The van der Waals surface area contributed by atoms with Gasteiger partial charge in [0, 0.05) is 10.2 Å². The van der Waals surface area contributed by atoms with Crippen molar-refractivity contribution in [3.05, 3.63) is 48.5 Å². The first kappa shape index (κ1) is 18.0. The lowest BCUT2D eigenvalue weighted by Gasteiger charge is -2.17. The third-order valence-electron chi connectivity index (χ3n) is 3.69. The number of unbranched alkanes of at least 4 members (excludes halogenated alkanes) is 4. The molecule has 1 heteroatoms. The molecule has 0 heterocycles. The minimum absolute atomic E-state index is 0.687. The van der Waals surface area contributed by atoms with Crippen molar-refractivity contribution in [3.8, 4) is 0 Å². The lowest BCUT2D eigenvalue weighted by atomic mass is 10.0. The van der Waals surface area contributed by atoms with Gasteiger partial charge >= 0.3 is 0 Å². The number of benzene rings is 2. The van der Waals surface area contributed by atoms with Crippen molar-refractivity contribution in [1.82, 2.24) is 0 Å². The zero-order chi connectivity index (χ0) is 15.6. The predicted octanol–water partition coefficient (Wildman–Crippen LogP) is 5.75. The zero-order valence-electron chi connectivity index (χ0n) is 14.4. The third kappa shape index (κ3) is 8.72. The van der Waals surface area contributed by atoms with Gasteiger partial charge in [0.1, 0.15) is 0 Å². The molecular formula is C20H32Si. The van der Waals surface area contributed by atoms with Crippen LogP contribution in [0.15, 0.2) is 48.5 Å². The molecule has 2 aromatic carbocycles. The topological polar surface area (TPSA) is 0 Å². The molecule has 0 atom stereocenters. The summed E-state index contributed by atoms with van der Waals surface area (Å²) >= 11 is 0. The molecule has 0 saturated carbocycles. The number of rotatable bonds is 6. The summed E-state index contributed by atoms with van der Waals surface area (Å²) in [7, 11) is 1.35. The average molecular weight is 301 g/mol. The summed E-state index contributed by atoms with van der Waals surface area (Å²) in [5.41, 5.74) is 0. The van der Waals surface area contributed by atoms with Crippen molar-refractivity contribution in [3.63, 3.8) is 0 Å². The van der Waals surface area contributed by atoms with E-state index in [-0.39, 0.29) is 0 Å². The van der Waals surface area contributed by atoms with Crippen LogP contribution in [0.2, 0.25) is 5.04 Å². The van der Waals surface area contributed by atoms with Gasteiger partial charge in [-0.05, 0) is 15.8 Å². The molecule has 0 unspecified atom stereocenters. The Morgan fingerprint density at radius 3 is 1.57 bits per heavy atom. The van der Waals surface area contributed by atoms with Crippen molar-refractivity contribution in [2.24, 2.45) is 0 Å². The Hall–Kier alpha value is -1.08. The van der Waals surface area contributed by atoms with E-state index >= 15 is 0 Å². The second-order valence-corrected chi connectivity index (χ2v) is 9.78. The van der Waals surface area contributed by atoms with Crippen molar-refractivity contribution in [2.75, 3.05) is 0 Å². The van der Waals surface area contributed by atoms with Crippen LogP contribution in [-0.2, 0) is 0 Å². The quantitative estimate of drug-likeness (QED) is 0.470. The predicted molar refractivity (Wildman–Crippen MR) is 101 cm³/mol. The van der Waals surface area contributed by atoms with E-state index in [2.05, 4.69) is 69.3 Å². The van der Waals surface area contributed by atoms with Gasteiger partial charge in [-0.3, -0.25) is 0 Å². The summed E-state index contributed by atoms with van der Waals surface area (Å²) < 4.78 is 0. The standard InChI is InChI=1S/C10H24Si.C10H8/c1-4-5-6-7-8-9-10(2,3)11;1-2-6-10-8-4-3-7-9(10)5-1/h4-9H2,1-3,11H3;1-8H. The molecule has 0 amide bonds. The molecule has 0 aliphatic heterocycles. The molecule has 0 saturated heterocycles. The van der Waals surface area contributed by atoms with Crippen LogP contribution in [0.3, 0.4) is 0 Å². The van der Waals surface area contributed by atoms with Gasteiger partial charge in [0.2, 0.25) is 0 Å². The fraction of sp³-hybridized carbons (Fsp3) is 0.500. The molecule has 0 spiro atoms. The second-order valence-electron chi connectivity index (χ2n) is 7.07. The normalized spacial score (nSPS) is 11.2. The van der Waals surface area contributed by atoms with Gasteiger partial charge in [0.15, 0.2) is 0 Å². The maximum atomic E-state index is 2.39. The van der Waals surface area contributed by atoms with Gasteiger partial charge in [0.25, 0.3) is 0 Å². The first-order valence-corrected chi connectivity index (χ1v) is 9.47. The number of fused-ring (bicyclic) bond motifs is 1. The summed E-state index contributed by atoms with van der Waals surface area (Å²) in [5.74, 6) is 0. The third-order valence-corrected chi connectivity index (χ3v) is 4.19. The van der Waals surface area contributed by atoms with Gasteiger partial charge in [0.05, 0.1) is 0 Å². The molecule has 0 nitrogen and oxygen atoms in total. The van der Waals surface area contributed by atoms with Crippen LogP contribution in [0.4, 0.5) is 0 Å². The minimum Gasteiger partial charge on any atom is -0.0654 e. The smallest absolute Gasteiger partial charge is 0.00994 e. The van der Waals surface area contributed by atoms with E-state index in [4.69, 9.17) is 0 Å². The summed E-state index contributed by atoms with van der Waals surface area (Å²) in [6.07, 6.45) is 8.61. The van der Waals surface area contributed by atoms with Crippen LogP contribution >= 0.6 is 0 Å². The van der Waals surface area contributed by atoms with E-state index in [1.165, 1.54) is 59.5 Å². The Morgan fingerprint density at radius 1 is 0.762 bits per heavy atom. The fourth-order valence-electron chi connectivity index (χ4n) is 2.39. The average Bonchev–Trinajstić information content (AvgIpc) is 2.47. The molecule has 0 N–H and O–H groups in total. The molecule has 0 aliphatic carbocycles. The highest BCUT2D eigenvalue weighted by Gasteiger charge is 2.08. The lowest BCUT2D eigenvalue weighted by molar-refractivity contribution is 0.534. The van der Waals surface area contributed by atoms with Crippen LogP contribution in [0.1, 0.15) is 59.3 Å². The van der Waals surface area contributed by atoms with Crippen molar-refractivity contribution < 1.29 is 0 Å². The summed E-state index contributed by atoms with van der Waals surface area (Å²) in [6.45, 7) is 7.05. The highest BCUT2D eigenvalue weighted by molar-refractivity contribution is 6.14. The summed E-state index contributed by atoms with van der Waals surface area (Å²) in [4.78, 5) is 0. The van der Waals surface area contributed by atoms with Gasteiger partial charge in [-0.1, -0.05) is 108 Å². The molecule has 0 radical (unpaired) electrons. The van der Waals surface area contributed by atoms with Gasteiger partial charge in [-0.15, -0.1) is 0 Å². The van der Waals surface area contributed by atoms with E-state index in [0.717, 1.165) is 0 Å². The Kier molecular flexibility index (Phi) is 8.37. The van der Waals surface area contributed by atoms with E-state index in [9.17, 15) is 0 Å². The SMILES string of the molecule is CCCCCCCC(C)(C)[SiH3].c1ccc2ccccc2c1. The monoisotopic (exact) mass is 300 g/mol. The Labute approximate surface area is 134 Å². The van der Waals surface area contributed by atoms with Crippen molar-refractivity contribution >= 4 is 21.0 Å². The van der Waals surface area contributed by atoms with E-state index in [1.807, 2.05) is 0 Å². The lowest BCUT2D eigenvalue weighted by Crippen LogP contribution is -2.01. The van der Waals surface area contributed by atoms with Gasteiger partial charge < -0.3 is 0 Å². The maximum Gasteiger partial charge on any atom is 0.00994 e. The van der Waals surface area contributed by atoms with Gasteiger partial charge in [-0.25, -0.2) is 0 Å². The Morgan fingerprint density at radius 2 is 1.19 bits per heavy atom. The van der Waals surface area contributed by atoms with Gasteiger partial charge in [-0.2, -0.15) is 0 Å². The highest BCUT2D eigenvalue weighted by Crippen LogP contribution is 2.26. The Bertz CT molecular complexity index is 431. The van der Waals surface area contributed by atoms with Crippen molar-refractivity contribution in [1.29, 1.82) is 0 Å². The first-order chi connectivity index (χ1) is 10.0. The van der Waals surface area contributed by atoms with Crippen LogP contribution in [0, 0.1) is 0 Å². The molecule has 2 rings (SSSR count). The van der Waals surface area contributed by atoms with E-state index in [1.54, 1.807) is 0 Å².